The predicted octanol–water partition coefficient (Wildman–Crippen LogP) is 0.567. The van der Waals surface area contributed by atoms with Crippen LogP contribution < -0.4 is 0 Å². The van der Waals surface area contributed by atoms with Crippen LogP contribution in [0.5, 0.6) is 0 Å². The molecule has 1 aromatic rings. The fraction of sp³-hybridized carbons (Fsp3) is 0. The Morgan fingerprint density at radius 3 is 2.70 bits per heavy atom. The first-order valence-electron chi connectivity index (χ1n) is 2.37. The van der Waals surface area contributed by atoms with Gasteiger partial charge < -0.3 is 0 Å². The molecule has 1 rings (SSSR count). The summed E-state index contributed by atoms with van der Waals surface area (Å²) in [4.78, 5) is 15.6. The van der Waals surface area contributed by atoms with E-state index in [0.29, 0.717) is 6.20 Å². The summed E-state index contributed by atoms with van der Waals surface area (Å²) < 4.78 is 24.2. The van der Waals surface area contributed by atoms with Crippen LogP contribution in [0.3, 0.4) is 0 Å². The fourth-order valence-corrected chi connectivity index (χ4v) is 0.440. The predicted molar refractivity (Wildman–Crippen MR) is 27.3 cm³/mol. The molecule has 0 aliphatic carbocycles. The van der Waals surface area contributed by atoms with Crippen molar-refractivity contribution in [3.05, 3.63) is 23.8 Å². The molecule has 0 aliphatic heterocycles. The Morgan fingerprint density at radius 2 is 2.20 bits per heavy atom. The van der Waals surface area contributed by atoms with Gasteiger partial charge in [-0.1, -0.05) is 0 Å². The van der Waals surface area contributed by atoms with Gasteiger partial charge >= 0.3 is 6.08 Å². The van der Waals surface area contributed by atoms with Crippen molar-refractivity contribution >= 4 is 6.29 Å². The third kappa shape index (κ3) is 1.12. The zero-order valence-electron chi connectivity index (χ0n) is 4.71. The summed E-state index contributed by atoms with van der Waals surface area (Å²) >= 11 is 0. The van der Waals surface area contributed by atoms with Crippen LogP contribution in [0.4, 0.5) is 8.78 Å². The lowest BCUT2D eigenvalue weighted by molar-refractivity contribution is 0.111. The van der Waals surface area contributed by atoms with E-state index in [2.05, 4.69) is 9.97 Å². The first-order valence-corrected chi connectivity index (χ1v) is 2.37. The molecule has 0 spiro atoms. The molecular weight excluding hydrogens is 142 g/mol. The zero-order chi connectivity index (χ0) is 7.56. The molecule has 0 aromatic carbocycles. The van der Waals surface area contributed by atoms with Crippen LogP contribution >= 0.6 is 0 Å². The van der Waals surface area contributed by atoms with E-state index < -0.39 is 17.6 Å². The molecule has 3 nitrogen and oxygen atoms in total. The lowest BCUT2D eigenvalue weighted by Crippen LogP contribution is -1.98. The smallest absolute Gasteiger partial charge is 0.296 e. The third-order valence-electron chi connectivity index (χ3n) is 0.853. The number of carbonyl (C=O) groups excluding carboxylic acids is 1. The van der Waals surface area contributed by atoms with Crippen LogP contribution in [0, 0.1) is 11.9 Å². The number of rotatable bonds is 1. The molecule has 0 radical (unpaired) electrons. The lowest BCUT2D eigenvalue weighted by atomic mass is 10.4. The monoisotopic (exact) mass is 144 g/mol. The van der Waals surface area contributed by atoms with Gasteiger partial charge in [-0.25, -0.2) is 9.37 Å². The molecule has 1 heterocycles. The van der Waals surface area contributed by atoms with Gasteiger partial charge in [0.15, 0.2) is 12.1 Å². The number of hydrogen-bond acceptors (Lipinski definition) is 3. The van der Waals surface area contributed by atoms with Gasteiger partial charge in [0.25, 0.3) is 0 Å². The molecule has 0 amide bonds. The summed E-state index contributed by atoms with van der Waals surface area (Å²) in [5.74, 6) is -0.920. The van der Waals surface area contributed by atoms with Crippen molar-refractivity contribution in [3.63, 3.8) is 0 Å². The van der Waals surface area contributed by atoms with E-state index in [0.717, 1.165) is 0 Å². The normalized spacial score (nSPS) is 9.40. The van der Waals surface area contributed by atoms with Crippen molar-refractivity contribution in [1.82, 2.24) is 9.97 Å². The Morgan fingerprint density at radius 1 is 1.50 bits per heavy atom. The first kappa shape index (κ1) is 6.73. The molecule has 0 fully saturated rings. The average Bonchev–Trinajstić information content (AvgIpc) is 1.94. The minimum atomic E-state index is -1.11. The Hall–Kier alpha value is -1.39. The summed E-state index contributed by atoms with van der Waals surface area (Å²) in [6.45, 7) is 0. The molecule has 5 heteroatoms. The maximum absolute atomic E-state index is 12.2. The highest BCUT2D eigenvalue weighted by Crippen LogP contribution is 1.98. The highest BCUT2D eigenvalue weighted by molar-refractivity contribution is 5.71. The van der Waals surface area contributed by atoms with E-state index in [1.54, 1.807) is 0 Å². The van der Waals surface area contributed by atoms with Crippen LogP contribution in [0.1, 0.15) is 10.5 Å². The maximum atomic E-state index is 12.2. The van der Waals surface area contributed by atoms with Gasteiger partial charge in [-0.15, -0.1) is 0 Å². The molecule has 0 bridgehead atoms. The Kier molecular flexibility index (Phi) is 1.66. The van der Waals surface area contributed by atoms with Gasteiger partial charge in [0.05, 0.1) is 6.20 Å². The molecular formula is C5H2F2N2O. The summed E-state index contributed by atoms with van der Waals surface area (Å²) in [6, 6.07) is 0. The van der Waals surface area contributed by atoms with Gasteiger partial charge in [0, 0.05) is 0 Å². The summed E-state index contributed by atoms with van der Waals surface area (Å²) in [5, 5.41) is 0. The second-order valence-electron chi connectivity index (χ2n) is 1.49. The minimum absolute atomic E-state index is 0.125. The van der Waals surface area contributed by atoms with Gasteiger partial charge in [0.1, 0.15) is 5.69 Å². The molecule has 0 saturated carbocycles. The molecule has 0 N–H and O–H groups in total. The van der Waals surface area contributed by atoms with Crippen molar-refractivity contribution in [1.29, 1.82) is 0 Å². The molecule has 0 aliphatic rings. The summed E-state index contributed by atoms with van der Waals surface area (Å²) in [5.41, 5.74) is -0.562. The average molecular weight is 144 g/mol. The van der Waals surface area contributed by atoms with E-state index in [1.165, 1.54) is 0 Å². The largest absolute Gasteiger partial charge is 0.309 e. The highest BCUT2D eigenvalue weighted by Gasteiger charge is 2.03. The minimum Gasteiger partial charge on any atom is -0.296 e. The number of hydrogen-bond donors (Lipinski definition) is 0. The van der Waals surface area contributed by atoms with Crippen LogP contribution in [0.15, 0.2) is 6.20 Å². The molecule has 10 heavy (non-hydrogen) atoms. The molecule has 1 aromatic heterocycles. The molecule has 52 valence electrons. The second kappa shape index (κ2) is 2.47. The van der Waals surface area contributed by atoms with Crippen molar-refractivity contribution in [2.45, 2.75) is 0 Å². The van der Waals surface area contributed by atoms with Crippen LogP contribution in [0.2, 0.25) is 0 Å². The Bertz CT molecular complexity index is 264. The number of aldehydes is 1. The second-order valence-corrected chi connectivity index (χ2v) is 1.49. The standard InChI is InChI=1S/C5H2F2N2O/c6-3-1-8-5(7)9-4(3)2-10/h1-2H. The fourth-order valence-electron chi connectivity index (χ4n) is 0.440. The summed E-state index contributed by atoms with van der Waals surface area (Å²) in [6.07, 6.45) is -0.380. The Balaban J connectivity index is 3.21. The van der Waals surface area contributed by atoms with Crippen LogP contribution in [-0.2, 0) is 0 Å². The van der Waals surface area contributed by atoms with Gasteiger partial charge in [-0.05, 0) is 0 Å². The van der Waals surface area contributed by atoms with Crippen molar-refractivity contribution < 1.29 is 13.6 Å². The first-order chi connectivity index (χ1) is 4.74. The number of aromatic nitrogens is 2. The van der Waals surface area contributed by atoms with Crippen molar-refractivity contribution in [2.24, 2.45) is 0 Å². The third-order valence-corrected chi connectivity index (χ3v) is 0.853. The van der Waals surface area contributed by atoms with E-state index >= 15 is 0 Å². The van der Waals surface area contributed by atoms with E-state index in [1.807, 2.05) is 0 Å². The molecule has 0 saturated heterocycles. The van der Waals surface area contributed by atoms with Crippen molar-refractivity contribution in [3.8, 4) is 0 Å². The SMILES string of the molecule is O=Cc1nc(F)ncc1F. The number of carbonyl (C=O) groups is 1. The van der Waals surface area contributed by atoms with Crippen LogP contribution in [-0.4, -0.2) is 16.3 Å². The maximum Gasteiger partial charge on any atom is 0.309 e. The summed E-state index contributed by atoms with van der Waals surface area (Å²) in [7, 11) is 0. The van der Waals surface area contributed by atoms with E-state index in [9.17, 15) is 13.6 Å². The number of halogens is 2. The number of nitrogens with zero attached hydrogens (tertiary/aromatic N) is 2. The zero-order valence-corrected chi connectivity index (χ0v) is 4.71. The van der Waals surface area contributed by atoms with Crippen molar-refractivity contribution in [2.75, 3.05) is 0 Å². The van der Waals surface area contributed by atoms with Gasteiger partial charge in [-0.2, -0.15) is 9.37 Å². The molecule has 0 atom stereocenters. The topological polar surface area (TPSA) is 42.9 Å². The quantitative estimate of drug-likeness (QED) is 0.427. The highest BCUT2D eigenvalue weighted by atomic mass is 19.1. The van der Waals surface area contributed by atoms with Gasteiger partial charge in [-0.3, -0.25) is 4.79 Å². The molecule has 0 unspecified atom stereocenters. The van der Waals surface area contributed by atoms with Gasteiger partial charge in [0.2, 0.25) is 0 Å². The van der Waals surface area contributed by atoms with Crippen LogP contribution in [0.25, 0.3) is 0 Å². The Labute approximate surface area is 54.7 Å². The lowest BCUT2D eigenvalue weighted by Gasteiger charge is -1.89. The van der Waals surface area contributed by atoms with E-state index in [4.69, 9.17) is 0 Å². The van der Waals surface area contributed by atoms with E-state index in [-0.39, 0.29) is 6.29 Å².